The largest absolute Gasteiger partial charge is 0.456 e. The van der Waals surface area contributed by atoms with Crippen molar-refractivity contribution in [3.8, 4) is 11.1 Å². The van der Waals surface area contributed by atoms with Crippen molar-refractivity contribution in [2.45, 2.75) is 0 Å². The third-order valence-electron chi connectivity index (χ3n) is 6.72. The molecule has 0 aliphatic carbocycles. The van der Waals surface area contributed by atoms with Crippen LogP contribution >= 0.6 is 11.6 Å². The minimum Gasteiger partial charge on any atom is -0.456 e. The summed E-state index contributed by atoms with van der Waals surface area (Å²) in [6.45, 7) is 0. The minimum absolute atomic E-state index is 0.678. The van der Waals surface area contributed by atoms with Crippen molar-refractivity contribution < 1.29 is 4.42 Å². The molecule has 7 aromatic rings. The van der Waals surface area contributed by atoms with E-state index in [1.165, 1.54) is 21.5 Å². The Hall–Kier alpha value is -4.27. The summed E-state index contributed by atoms with van der Waals surface area (Å²) in [6.07, 6.45) is 0. The van der Waals surface area contributed by atoms with Gasteiger partial charge in [0.05, 0.1) is 10.7 Å². The van der Waals surface area contributed by atoms with Gasteiger partial charge >= 0.3 is 0 Å². The van der Waals surface area contributed by atoms with Crippen molar-refractivity contribution in [2.24, 2.45) is 0 Å². The first-order valence-corrected chi connectivity index (χ1v) is 12.0. The maximum absolute atomic E-state index is 6.81. The summed E-state index contributed by atoms with van der Waals surface area (Å²) in [5.41, 5.74) is 5.89. The van der Waals surface area contributed by atoms with E-state index in [0.29, 0.717) is 5.02 Å². The van der Waals surface area contributed by atoms with Crippen molar-refractivity contribution in [1.29, 1.82) is 0 Å². The number of halogens is 1. The Balaban J connectivity index is 1.29. The van der Waals surface area contributed by atoms with Crippen LogP contribution in [0.1, 0.15) is 0 Å². The maximum atomic E-state index is 6.81. The summed E-state index contributed by atoms with van der Waals surface area (Å²) in [7, 11) is 0. The Morgan fingerprint density at radius 3 is 2.14 bits per heavy atom. The van der Waals surface area contributed by atoms with E-state index in [4.69, 9.17) is 16.0 Å². The van der Waals surface area contributed by atoms with Gasteiger partial charge in [0.25, 0.3) is 0 Å². The van der Waals surface area contributed by atoms with Gasteiger partial charge in [-0.15, -0.1) is 0 Å². The first-order valence-electron chi connectivity index (χ1n) is 11.6. The molecule has 0 saturated heterocycles. The van der Waals surface area contributed by atoms with Crippen LogP contribution in [-0.4, -0.2) is 0 Å². The summed E-state index contributed by atoms with van der Waals surface area (Å²) < 4.78 is 5.98. The Morgan fingerprint density at radius 2 is 1.23 bits per heavy atom. The molecule has 0 saturated carbocycles. The smallest absolute Gasteiger partial charge is 0.135 e. The first kappa shape index (κ1) is 20.1. The van der Waals surface area contributed by atoms with E-state index >= 15 is 0 Å². The zero-order chi connectivity index (χ0) is 23.4. The number of anilines is 2. The average Bonchev–Trinajstić information content (AvgIpc) is 3.28. The molecule has 0 unspecified atom stereocenters. The lowest BCUT2D eigenvalue weighted by Crippen LogP contribution is -1.93. The topological polar surface area (TPSA) is 25.2 Å². The van der Waals surface area contributed by atoms with Gasteiger partial charge in [0.2, 0.25) is 0 Å². The van der Waals surface area contributed by atoms with Crippen molar-refractivity contribution in [3.05, 3.63) is 120 Å². The van der Waals surface area contributed by atoms with Crippen LogP contribution in [0.3, 0.4) is 0 Å². The summed E-state index contributed by atoms with van der Waals surface area (Å²) >= 11 is 6.81. The number of hydrogen-bond acceptors (Lipinski definition) is 2. The zero-order valence-corrected chi connectivity index (χ0v) is 19.5. The fraction of sp³-hybridized carbons (Fsp3) is 0. The van der Waals surface area contributed by atoms with Crippen LogP contribution in [0.25, 0.3) is 54.6 Å². The van der Waals surface area contributed by atoms with Crippen molar-refractivity contribution >= 4 is 66.5 Å². The highest BCUT2D eigenvalue weighted by molar-refractivity contribution is 6.33. The number of benzene rings is 6. The predicted molar refractivity (Wildman–Crippen MR) is 149 cm³/mol. The Morgan fingerprint density at radius 1 is 0.514 bits per heavy atom. The molecule has 1 aromatic heterocycles. The monoisotopic (exact) mass is 469 g/mol. The van der Waals surface area contributed by atoms with E-state index in [0.717, 1.165) is 44.4 Å². The van der Waals surface area contributed by atoms with Gasteiger partial charge in [0.1, 0.15) is 11.2 Å². The van der Waals surface area contributed by atoms with Crippen LogP contribution in [0.4, 0.5) is 11.4 Å². The van der Waals surface area contributed by atoms with E-state index in [-0.39, 0.29) is 0 Å². The fourth-order valence-corrected chi connectivity index (χ4v) is 5.24. The molecular weight excluding hydrogens is 450 g/mol. The van der Waals surface area contributed by atoms with Gasteiger partial charge in [-0.25, -0.2) is 0 Å². The molecule has 0 aliphatic rings. The van der Waals surface area contributed by atoms with Gasteiger partial charge in [0, 0.05) is 21.8 Å². The lowest BCUT2D eigenvalue weighted by molar-refractivity contribution is 0.669. The number of hydrogen-bond donors (Lipinski definition) is 1. The van der Waals surface area contributed by atoms with E-state index < -0.39 is 0 Å². The molecule has 2 nitrogen and oxygen atoms in total. The van der Waals surface area contributed by atoms with Crippen molar-refractivity contribution in [2.75, 3.05) is 5.32 Å². The van der Waals surface area contributed by atoms with E-state index in [9.17, 15) is 0 Å². The summed E-state index contributed by atoms with van der Waals surface area (Å²) in [4.78, 5) is 0. The van der Waals surface area contributed by atoms with Gasteiger partial charge < -0.3 is 9.73 Å². The second-order valence-corrected chi connectivity index (χ2v) is 9.23. The third kappa shape index (κ3) is 3.34. The maximum Gasteiger partial charge on any atom is 0.135 e. The molecule has 0 amide bonds. The molecule has 0 atom stereocenters. The normalized spacial score (nSPS) is 11.6. The highest BCUT2D eigenvalue weighted by Gasteiger charge is 2.11. The van der Waals surface area contributed by atoms with Gasteiger partial charge in [-0.2, -0.15) is 0 Å². The lowest BCUT2D eigenvalue weighted by atomic mass is 10.00. The highest BCUT2D eigenvalue weighted by Crippen LogP contribution is 2.37. The molecule has 0 bridgehead atoms. The first-order chi connectivity index (χ1) is 17.2. The summed E-state index contributed by atoms with van der Waals surface area (Å²) in [6, 6.07) is 39.8. The second kappa shape index (κ2) is 7.90. The number of fused-ring (bicyclic) bond motifs is 6. The van der Waals surface area contributed by atoms with E-state index in [2.05, 4.69) is 90.2 Å². The standard InChI is InChI=1S/C32H20ClNO/c33-27-19-23(22-15-17-31-26(18-22)25-9-3-4-11-30(25)35-31)14-16-28(27)34-29-10-5-7-21-13-12-20-6-1-2-8-24(20)32(21)29/h1-19,34H. The zero-order valence-electron chi connectivity index (χ0n) is 18.8. The summed E-state index contributed by atoms with van der Waals surface area (Å²) in [5.74, 6) is 0. The Labute approximate surface area is 207 Å². The van der Waals surface area contributed by atoms with Crippen LogP contribution in [0, 0.1) is 0 Å². The fourth-order valence-electron chi connectivity index (χ4n) is 5.01. The molecule has 0 aliphatic heterocycles. The second-order valence-electron chi connectivity index (χ2n) is 8.82. The summed E-state index contributed by atoms with van der Waals surface area (Å²) in [5, 5.41) is 11.3. The van der Waals surface area contributed by atoms with Crippen LogP contribution in [0.5, 0.6) is 0 Å². The van der Waals surface area contributed by atoms with Crippen molar-refractivity contribution in [3.63, 3.8) is 0 Å². The molecule has 6 aromatic carbocycles. The predicted octanol–water partition coefficient (Wildman–Crippen LogP) is 9.96. The molecule has 1 N–H and O–H groups in total. The number of para-hydroxylation sites is 1. The number of rotatable bonds is 3. The average molecular weight is 470 g/mol. The molecule has 3 heteroatoms. The molecule has 7 rings (SSSR count). The molecule has 1 heterocycles. The van der Waals surface area contributed by atoms with Crippen LogP contribution in [0.2, 0.25) is 5.02 Å². The third-order valence-corrected chi connectivity index (χ3v) is 7.03. The van der Waals surface area contributed by atoms with Crippen LogP contribution in [-0.2, 0) is 0 Å². The number of nitrogens with one attached hydrogen (secondary N) is 1. The highest BCUT2D eigenvalue weighted by atomic mass is 35.5. The van der Waals surface area contributed by atoms with E-state index in [1.807, 2.05) is 30.3 Å². The van der Waals surface area contributed by atoms with Crippen molar-refractivity contribution in [1.82, 2.24) is 0 Å². The van der Waals surface area contributed by atoms with Crippen LogP contribution in [0.15, 0.2) is 120 Å². The quantitative estimate of drug-likeness (QED) is 0.260. The Kier molecular flexibility index (Phi) is 4.54. The molecule has 0 radical (unpaired) electrons. The molecule has 0 fully saturated rings. The van der Waals surface area contributed by atoms with Crippen LogP contribution < -0.4 is 5.32 Å². The van der Waals surface area contributed by atoms with Gasteiger partial charge in [-0.3, -0.25) is 0 Å². The van der Waals surface area contributed by atoms with Gasteiger partial charge in [-0.1, -0.05) is 90.5 Å². The minimum atomic E-state index is 0.678. The number of furan rings is 1. The molecule has 0 spiro atoms. The molecule has 35 heavy (non-hydrogen) atoms. The van der Waals surface area contributed by atoms with Gasteiger partial charge in [0.15, 0.2) is 0 Å². The SMILES string of the molecule is Clc1cc(-c2ccc3oc4ccccc4c3c2)ccc1Nc1cccc2ccc3ccccc3c12. The van der Waals surface area contributed by atoms with E-state index in [1.54, 1.807) is 0 Å². The lowest BCUT2D eigenvalue weighted by Gasteiger charge is -2.14. The van der Waals surface area contributed by atoms with Gasteiger partial charge in [-0.05, 0) is 63.7 Å². The Bertz CT molecular complexity index is 1900. The molecule has 166 valence electrons. The molecular formula is C32H20ClNO.